The average molecular weight is 418 g/mol. The second-order valence-corrected chi connectivity index (χ2v) is 7.07. The fourth-order valence-electron chi connectivity index (χ4n) is 2.44. The molecule has 0 radical (unpaired) electrons. The van der Waals surface area contributed by atoms with Crippen LogP contribution in [0.4, 0.5) is 10.5 Å². The van der Waals surface area contributed by atoms with Crippen LogP contribution in [-0.4, -0.2) is 30.6 Å². The van der Waals surface area contributed by atoms with Gasteiger partial charge in [0, 0.05) is 17.3 Å². The summed E-state index contributed by atoms with van der Waals surface area (Å²) in [6, 6.07) is 14.5. The number of urea groups is 1. The van der Waals surface area contributed by atoms with E-state index in [0.29, 0.717) is 10.7 Å². The summed E-state index contributed by atoms with van der Waals surface area (Å²) in [7, 11) is 0. The molecule has 0 unspecified atom stereocenters. The number of para-hydroxylation sites is 1. The van der Waals surface area contributed by atoms with E-state index in [9.17, 15) is 14.4 Å². The predicted octanol–water partition coefficient (Wildman–Crippen LogP) is 3.35. The predicted molar refractivity (Wildman–Crippen MR) is 111 cm³/mol. The van der Waals surface area contributed by atoms with Crippen molar-refractivity contribution in [3.05, 3.63) is 65.2 Å². The molecule has 0 aromatic heterocycles. The van der Waals surface area contributed by atoms with Crippen molar-refractivity contribution in [3.63, 3.8) is 0 Å². The van der Waals surface area contributed by atoms with E-state index in [1.807, 2.05) is 12.1 Å². The smallest absolute Gasteiger partial charge is 0.329 e. The lowest BCUT2D eigenvalue weighted by Gasteiger charge is -2.21. The van der Waals surface area contributed by atoms with Gasteiger partial charge in [0.2, 0.25) is 0 Å². The number of benzene rings is 2. The zero-order chi connectivity index (χ0) is 21.2. The average Bonchev–Trinajstić information content (AvgIpc) is 2.70. The Morgan fingerprint density at radius 2 is 1.66 bits per heavy atom. The van der Waals surface area contributed by atoms with Crippen molar-refractivity contribution in [3.8, 4) is 0 Å². The number of esters is 1. The number of hydrogen-bond donors (Lipinski definition) is 3. The molecule has 8 heteroatoms. The summed E-state index contributed by atoms with van der Waals surface area (Å²) in [4.78, 5) is 36.4. The van der Waals surface area contributed by atoms with Gasteiger partial charge in [0.05, 0.1) is 0 Å². The lowest BCUT2D eigenvalue weighted by atomic mass is 10.1. The summed E-state index contributed by atoms with van der Waals surface area (Å²) in [5.74, 6) is -1.37. The largest absolute Gasteiger partial charge is 0.454 e. The third kappa shape index (κ3) is 7.46. The van der Waals surface area contributed by atoms with E-state index in [-0.39, 0.29) is 12.5 Å². The van der Waals surface area contributed by atoms with Gasteiger partial charge in [0.1, 0.15) is 6.04 Å². The van der Waals surface area contributed by atoms with Crippen molar-refractivity contribution >= 4 is 35.2 Å². The van der Waals surface area contributed by atoms with Crippen molar-refractivity contribution in [1.82, 2.24) is 10.6 Å². The molecule has 2 rings (SSSR count). The fraction of sp³-hybridized carbons (Fsp3) is 0.286. The van der Waals surface area contributed by atoms with E-state index in [4.69, 9.17) is 16.3 Å². The molecule has 0 aliphatic rings. The number of hydrogen-bond acceptors (Lipinski definition) is 4. The molecule has 29 heavy (non-hydrogen) atoms. The molecule has 2 aromatic carbocycles. The Morgan fingerprint density at radius 1 is 1.00 bits per heavy atom. The molecule has 0 bridgehead atoms. The third-order valence-corrected chi connectivity index (χ3v) is 4.39. The molecule has 0 saturated heterocycles. The normalized spacial score (nSPS) is 11.4. The maximum Gasteiger partial charge on any atom is 0.329 e. The molecule has 0 heterocycles. The van der Waals surface area contributed by atoms with Crippen molar-refractivity contribution in [1.29, 1.82) is 0 Å². The standard InChI is InChI=1S/C21H24ClN3O4/c1-14(2)19(25-21(28)24-16-9-4-3-5-10-16)20(27)29-13-18(26)23-12-15-8-6-7-11-17(15)22/h3-11,14,19H,12-13H2,1-2H3,(H,23,26)(H2,24,25,28)/t19-/m0/s1. The van der Waals surface area contributed by atoms with E-state index in [0.717, 1.165) is 5.56 Å². The molecule has 3 N–H and O–H groups in total. The highest BCUT2D eigenvalue weighted by atomic mass is 35.5. The SMILES string of the molecule is CC(C)[C@H](NC(=O)Nc1ccccc1)C(=O)OCC(=O)NCc1ccccc1Cl. The summed E-state index contributed by atoms with van der Waals surface area (Å²) in [5, 5.41) is 8.40. The minimum atomic E-state index is -0.893. The summed E-state index contributed by atoms with van der Waals surface area (Å²) < 4.78 is 5.07. The van der Waals surface area contributed by atoms with Crippen molar-refractivity contribution in [2.45, 2.75) is 26.4 Å². The van der Waals surface area contributed by atoms with Crippen LogP contribution in [-0.2, 0) is 20.9 Å². The van der Waals surface area contributed by atoms with Gasteiger partial charge >= 0.3 is 12.0 Å². The molecule has 0 fully saturated rings. The van der Waals surface area contributed by atoms with Gasteiger partial charge < -0.3 is 20.7 Å². The second kappa shape index (κ2) is 11.1. The Kier molecular flexibility index (Phi) is 8.48. The maximum absolute atomic E-state index is 12.3. The summed E-state index contributed by atoms with van der Waals surface area (Å²) >= 11 is 6.04. The summed E-state index contributed by atoms with van der Waals surface area (Å²) in [6.45, 7) is 3.31. The van der Waals surface area contributed by atoms with Crippen LogP contribution >= 0.6 is 11.6 Å². The second-order valence-electron chi connectivity index (χ2n) is 6.66. The lowest BCUT2D eigenvalue weighted by Crippen LogP contribution is -2.47. The van der Waals surface area contributed by atoms with Crippen molar-refractivity contribution in [2.75, 3.05) is 11.9 Å². The van der Waals surface area contributed by atoms with Gasteiger partial charge in [-0.3, -0.25) is 4.79 Å². The fourth-order valence-corrected chi connectivity index (χ4v) is 2.64. The van der Waals surface area contributed by atoms with Gasteiger partial charge in [-0.2, -0.15) is 0 Å². The highest BCUT2D eigenvalue weighted by Crippen LogP contribution is 2.14. The van der Waals surface area contributed by atoms with E-state index in [2.05, 4.69) is 16.0 Å². The zero-order valence-electron chi connectivity index (χ0n) is 16.3. The van der Waals surface area contributed by atoms with Gasteiger partial charge in [-0.1, -0.05) is 61.8 Å². The number of amides is 3. The van der Waals surface area contributed by atoms with Crippen LogP contribution in [0.5, 0.6) is 0 Å². The van der Waals surface area contributed by atoms with Crippen LogP contribution in [0.2, 0.25) is 5.02 Å². The van der Waals surface area contributed by atoms with Gasteiger partial charge in [0.25, 0.3) is 5.91 Å². The van der Waals surface area contributed by atoms with Crippen LogP contribution < -0.4 is 16.0 Å². The Hall–Kier alpha value is -3.06. The molecule has 3 amide bonds. The first-order chi connectivity index (χ1) is 13.9. The molecule has 0 spiro atoms. The van der Waals surface area contributed by atoms with Crippen molar-refractivity contribution in [2.24, 2.45) is 5.92 Å². The first-order valence-electron chi connectivity index (χ1n) is 9.16. The number of nitrogens with one attached hydrogen (secondary N) is 3. The van der Waals surface area contributed by atoms with Crippen LogP contribution in [0, 0.1) is 5.92 Å². The molecule has 0 saturated carbocycles. The van der Waals surface area contributed by atoms with Crippen LogP contribution in [0.1, 0.15) is 19.4 Å². The summed E-state index contributed by atoms with van der Waals surface area (Å²) in [5.41, 5.74) is 1.35. The highest BCUT2D eigenvalue weighted by molar-refractivity contribution is 6.31. The van der Waals surface area contributed by atoms with E-state index in [1.165, 1.54) is 0 Å². The van der Waals surface area contributed by atoms with Gasteiger partial charge in [-0.25, -0.2) is 9.59 Å². The molecular formula is C21H24ClN3O4. The van der Waals surface area contributed by atoms with Crippen LogP contribution in [0.3, 0.4) is 0 Å². The first-order valence-corrected chi connectivity index (χ1v) is 9.54. The Morgan fingerprint density at radius 3 is 2.31 bits per heavy atom. The van der Waals surface area contributed by atoms with E-state index in [1.54, 1.807) is 56.3 Å². The molecule has 0 aliphatic carbocycles. The monoisotopic (exact) mass is 417 g/mol. The Bertz CT molecular complexity index is 843. The number of carbonyl (C=O) groups excluding carboxylic acids is 3. The van der Waals surface area contributed by atoms with Crippen LogP contribution in [0.15, 0.2) is 54.6 Å². The quantitative estimate of drug-likeness (QED) is 0.574. The minimum Gasteiger partial charge on any atom is -0.454 e. The molecule has 2 aromatic rings. The Balaban J connectivity index is 1.81. The molecular weight excluding hydrogens is 394 g/mol. The van der Waals surface area contributed by atoms with E-state index < -0.39 is 30.6 Å². The molecule has 154 valence electrons. The van der Waals surface area contributed by atoms with Crippen LogP contribution in [0.25, 0.3) is 0 Å². The minimum absolute atomic E-state index is 0.224. The molecule has 7 nitrogen and oxygen atoms in total. The number of ether oxygens (including phenoxy) is 1. The molecule has 0 aliphatic heterocycles. The van der Waals surface area contributed by atoms with Gasteiger partial charge in [-0.15, -0.1) is 0 Å². The maximum atomic E-state index is 12.3. The zero-order valence-corrected chi connectivity index (χ0v) is 17.0. The topological polar surface area (TPSA) is 96.5 Å². The first kappa shape index (κ1) is 22.2. The van der Waals surface area contributed by atoms with E-state index >= 15 is 0 Å². The highest BCUT2D eigenvalue weighted by Gasteiger charge is 2.26. The van der Waals surface area contributed by atoms with Gasteiger partial charge in [-0.05, 0) is 29.7 Å². The number of anilines is 1. The number of carbonyl (C=O) groups is 3. The lowest BCUT2D eigenvalue weighted by molar-refractivity contribution is -0.151. The molecule has 1 atom stereocenters. The van der Waals surface area contributed by atoms with Crippen molar-refractivity contribution < 1.29 is 19.1 Å². The third-order valence-electron chi connectivity index (χ3n) is 4.02. The number of halogens is 1. The summed E-state index contributed by atoms with van der Waals surface area (Å²) in [6.07, 6.45) is 0. The van der Waals surface area contributed by atoms with Gasteiger partial charge in [0.15, 0.2) is 6.61 Å². The number of rotatable bonds is 8. The Labute approximate surface area is 174 Å².